The lowest BCUT2D eigenvalue weighted by Crippen LogP contribution is -2.41. The molecular formula is C19H19ClFN3O2. The molecule has 1 amide bonds. The number of amides is 1. The van der Waals surface area contributed by atoms with Gasteiger partial charge in [-0.1, -0.05) is 11.6 Å². The molecule has 0 bridgehead atoms. The number of rotatable bonds is 2. The topological polar surface area (TPSA) is 45.7 Å². The average molecular weight is 376 g/mol. The quantitative estimate of drug-likeness (QED) is 0.807. The molecule has 1 unspecified atom stereocenters. The van der Waals surface area contributed by atoms with Gasteiger partial charge in [-0.05, 0) is 31.2 Å². The molecule has 0 spiro atoms. The molecule has 1 saturated heterocycles. The molecule has 5 nitrogen and oxygen atoms in total. The van der Waals surface area contributed by atoms with Crippen molar-refractivity contribution in [3.8, 4) is 11.3 Å². The summed E-state index contributed by atoms with van der Waals surface area (Å²) >= 11 is 5.89. The zero-order valence-electron chi connectivity index (χ0n) is 14.6. The third-order valence-electron chi connectivity index (χ3n) is 4.83. The number of fused-ring (bicyclic) bond motifs is 1. The molecule has 26 heavy (non-hydrogen) atoms. The van der Waals surface area contributed by atoms with E-state index in [1.807, 2.05) is 13.0 Å². The van der Waals surface area contributed by atoms with E-state index in [1.54, 1.807) is 24.1 Å². The van der Waals surface area contributed by atoms with Crippen LogP contribution in [0.5, 0.6) is 0 Å². The third-order valence-corrected chi connectivity index (χ3v) is 5.07. The summed E-state index contributed by atoms with van der Waals surface area (Å²) < 4.78 is 20.2. The van der Waals surface area contributed by atoms with Gasteiger partial charge in [-0.2, -0.15) is 0 Å². The molecule has 4 rings (SSSR count). The number of nitrogens with zero attached hydrogens (tertiary/aromatic N) is 3. The second-order valence-electron chi connectivity index (χ2n) is 6.77. The first-order chi connectivity index (χ1) is 12.4. The zero-order chi connectivity index (χ0) is 18.4. The van der Waals surface area contributed by atoms with Crippen LogP contribution in [0.15, 0.2) is 24.3 Å². The van der Waals surface area contributed by atoms with Crippen LogP contribution in [-0.2, 0) is 11.3 Å². The average Bonchev–Trinajstić information content (AvgIpc) is 2.89. The predicted molar refractivity (Wildman–Crippen MR) is 98.1 cm³/mol. The Kier molecular flexibility index (Phi) is 4.32. The Balaban J connectivity index is 1.87. The highest BCUT2D eigenvalue weighted by Gasteiger charge is 2.31. The van der Waals surface area contributed by atoms with Crippen LogP contribution in [0.1, 0.15) is 22.8 Å². The summed E-state index contributed by atoms with van der Waals surface area (Å²) in [4.78, 5) is 21.0. The van der Waals surface area contributed by atoms with Crippen molar-refractivity contribution in [2.24, 2.45) is 0 Å². The SMILES string of the molecule is CC1CN(c2cc3c(c(-c4ccc(Cl)cc4F)n2)CN(C)C3=O)CCO1. The van der Waals surface area contributed by atoms with Gasteiger partial charge in [0.1, 0.15) is 11.6 Å². The van der Waals surface area contributed by atoms with Crippen molar-refractivity contribution in [3.63, 3.8) is 0 Å². The molecule has 1 fully saturated rings. The van der Waals surface area contributed by atoms with E-state index in [0.717, 1.165) is 5.56 Å². The number of morpholine rings is 1. The number of hydrogen-bond donors (Lipinski definition) is 0. The maximum absolute atomic E-state index is 14.6. The van der Waals surface area contributed by atoms with E-state index in [2.05, 4.69) is 4.90 Å². The maximum atomic E-state index is 14.6. The van der Waals surface area contributed by atoms with Gasteiger partial charge in [0.05, 0.1) is 24.0 Å². The van der Waals surface area contributed by atoms with E-state index in [-0.39, 0.29) is 12.0 Å². The monoisotopic (exact) mass is 375 g/mol. The lowest BCUT2D eigenvalue weighted by Gasteiger charge is -2.32. The Morgan fingerprint density at radius 2 is 2.12 bits per heavy atom. The Hall–Kier alpha value is -2.18. The first-order valence-corrected chi connectivity index (χ1v) is 8.93. The van der Waals surface area contributed by atoms with Crippen molar-refractivity contribution in [3.05, 3.63) is 46.2 Å². The second kappa shape index (κ2) is 6.52. The summed E-state index contributed by atoms with van der Waals surface area (Å²) in [6.45, 7) is 4.37. The van der Waals surface area contributed by atoms with E-state index < -0.39 is 5.82 Å². The summed E-state index contributed by atoms with van der Waals surface area (Å²) in [6.07, 6.45) is 0.0768. The molecule has 1 atom stereocenters. The van der Waals surface area contributed by atoms with Gasteiger partial charge in [0.15, 0.2) is 0 Å². The summed E-state index contributed by atoms with van der Waals surface area (Å²) in [5.74, 6) is 0.161. The first-order valence-electron chi connectivity index (χ1n) is 8.55. The fraction of sp³-hybridized carbons (Fsp3) is 0.368. The molecule has 0 N–H and O–H groups in total. The van der Waals surface area contributed by atoms with Gasteiger partial charge in [-0.15, -0.1) is 0 Å². The number of aromatic nitrogens is 1. The number of carbonyl (C=O) groups is 1. The molecule has 0 radical (unpaired) electrons. The minimum absolute atomic E-state index is 0.0689. The lowest BCUT2D eigenvalue weighted by molar-refractivity contribution is 0.0529. The molecule has 2 aromatic rings. The maximum Gasteiger partial charge on any atom is 0.254 e. The van der Waals surface area contributed by atoms with E-state index in [0.29, 0.717) is 53.9 Å². The van der Waals surface area contributed by atoms with E-state index >= 15 is 0 Å². The summed E-state index contributed by atoms with van der Waals surface area (Å²) in [7, 11) is 1.74. The van der Waals surface area contributed by atoms with Crippen molar-refractivity contribution in [2.45, 2.75) is 19.6 Å². The van der Waals surface area contributed by atoms with Gasteiger partial charge < -0.3 is 14.5 Å². The Morgan fingerprint density at radius 1 is 1.31 bits per heavy atom. The number of anilines is 1. The Labute approximate surface area is 156 Å². The van der Waals surface area contributed by atoms with Gasteiger partial charge in [0.25, 0.3) is 5.91 Å². The minimum atomic E-state index is -0.443. The lowest BCUT2D eigenvalue weighted by atomic mass is 10.0. The normalized spacial score (nSPS) is 19.8. The highest BCUT2D eigenvalue weighted by molar-refractivity contribution is 6.30. The standard InChI is InChI=1S/C19H19ClFN3O2/c1-11-9-24(5-6-26-11)17-8-14-15(10-23(2)19(14)25)18(22-17)13-4-3-12(20)7-16(13)21/h3-4,7-8,11H,5-6,9-10H2,1-2H3. The summed E-state index contributed by atoms with van der Waals surface area (Å²) in [6, 6.07) is 6.35. The minimum Gasteiger partial charge on any atom is -0.375 e. The van der Waals surface area contributed by atoms with Crippen LogP contribution in [0.3, 0.4) is 0 Å². The Bertz CT molecular complexity index is 889. The summed E-state index contributed by atoms with van der Waals surface area (Å²) in [5, 5.41) is 0.328. The van der Waals surface area contributed by atoms with Gasteiger partial charge in [-0.3, -0.25) is 4.79 Å². The highest BCUT2D eigenvalue weighted by atomic mass is 35.5. The van der Waals surface area contributed by atoms with Crippen molar-refractivity contribution in [1.29, 1.82) is 0 Å². The number of carbonyl (C=O) groups excluding carboxylic acids is 1. The largest absolute Gasteiger partial charge is 0.375 e. The number of pyridine rings is 1. The number of hydrogen-bond acceptors (Lipinski definition) is 4. The van der Waals surface area contributed by atoms with Gasteiger partial charge in [0.2, 0.25) is 0 Å². The predicted octanol–water partition coefficient (Wildman–Crippen LogP) is 3.35. The third kappa shape index (κ3) is 2.93. The van der Waals surface area contributed by atoms with Crippen LogP contribution < -0.4 is 4.90 Å². The molecule has 136 valence electrons. The molecule has 7 heteroatoms. The van der Waals surface area contributed by atoms with Gasteiger partial charge in [0, 0.05) is 42.8 Å². The smallest absolute Gasteiger partial charge is 0.254 e. The van der Waals surface area contributed by atoms with Crippen molar-refractivity contribution < 1.29 is 13.9 Å². The molecule has 1 aromatic heterocycles. The van der Waals surface area contributed by atoms with E-state index in [1.165, 1.54) is 6.07 Å². The highest BCUT2D eigenvalue weighted by Crippen LogP contribution is 2.35. The van der Waals surface area contributed by atoms with Crippen LogP contribution in [0.4, 0.5) is 10.2 Å². The van der Waals surface area contributed by atoms with Crippen LogP contribution in [0, 0.1) is 5.82 Å². The number of halogens is 2. The number of ether oxygens (including phenoxy) is 1. The zero-order valence-corrected chi connectivity index (χ0v) is 15.4. The van der Waals surface area contributed by atoms with Crippen molar-refractivity contribution in [1.82, 2.24) is 9.88 Å². The van der Waals surface area contributed by atoms with Crippen molar-refractivity contribution in [2.75, 3.05) is 31.6 Å². The number of benzene rings is 1. The molecule has 0 saturated carbocycles. The van der Waals surface area contributed by atoms with E-state index in [4.69, 9.17) is 21.3 Å². The van der Waals surface area contributed by atoms with Crippen LogP contribution in [0.2, 0.25) is 5.02 Å². The van der Waals surface area contributed by atoms with Gasteiger partial charge in [-0.25, -0.2) is 9.37 Å². The molecule has 0 aliphatic carbocycles. The van der Waals surface area contributed by atoms with Crippen LogP contribution >= 0.6 is 11.6 Å². The Morgan fingerprint density at radius 3 is 2.85 bits per heavy atom. The van der Waals surface area contributed by atoms with Crippen molar-refractivity contribution >= 4 is 23.3 Å². The molecule has 1 aromatic carbocycles. The molecular weight excluding hydrogens is 357 g/mol. The fourth-order valence-corrected chi connectivity index (χ4v) is 3.68. The molecule has 3 heterocycles. The first kappa shape index (κ1) is 17.2. The fourth-order valence-electron chi connectivity index (χ4n) is 3.52. The van der Waals surface area contributed by atoms with Crippen LogP contribution in [0.25, 0.3) is 11.3 Å². The second-order valence-corrected chi connectivity index (χ2v) is 7.20. The molecule has 2 aliphatic heterocycles. The van der Waals surface area contributed by atoms with Crippen LogP contribution in [-0.4, -0.2) is 48.6 Å². The van der Waals surface area contributed by atoms with E-state index in [9.17, 15) is 9.18 Å². The van der Waals surface area contributed by atoms with Gasteiger partial charge >= 0.3 is 0 Å². The summed E-state index contributed by atoms with van der Waals surface area (Å²) in [5.41, 5.74) is 2.20. The molecule has 2 aliphatic rings.